The molecule has 27 heavy (non-hydrogen) atoms. The van der Waals surface area contributed by atoms with Crippen molar-refractivity contribution < 1.29 is 4.79 Å². The molecule has 3 rings (SSSR count). The van der Waals surface area contributed by atoms with Crippen molar-refractivity contribution in [1.82, 2.24) is 24.0 Å². The van der Waals surface area contributed by atoms with Gasteiger partial charge < -0.3 is 15.6 Å². The molecule has 3 aromatic rings. The van der Waals surface area contributed by atoms with Crippen LogP contribution in [0.2, 0.25) is 0 Å². The van der Waals surface area contributed by atoms with Gasteiger partial charge in [-0.25, -0.2) is 14.3 Å². The molecule has 144 valence electrons. The van der Waals surface area contributed by atoms with E-state index in [-0.39, 0.29) is 24.5 Å². The molecule has 0 saturated carbocycles. The standard InChI is InChI=1S/C17H20N6O3.ClH/c1-21-10-20-15-14(21)16(25)23(17(26)22(15)2)9-13(24)19-8-7-11-3-5-12(18)6-4-11;/h3-6,10H,7-9,18H2,1-2H3,(H,19,24);1H. The third-order valence-corrected chi connectivity index (χ3v) is 4.22. The zero-order chi connectivity index (χ0) is 18.8. The van der Waals surface area contributed by atoms with E-state index in [1.54, 1.807) is 19.2 Å². The molecule has 2 heterocycles. The lowest BCUT2D eigenvalue weighted by molar-refractivity contribution is -0.121. The SMILES string of the molecule is Cl.Cn1cnc2c1c(=O)n(CC(=O)NCCc1ccc(N)cc1)c(=O)n2C. The average molecular weight is 393 g/mol. The van der Waals surface area contributed by atoms with E-state index in [2.05, 4.69) is 10.3 Å². The van der Waals surface area contributed by atoms with E-state index in [9.17, 15) is 14.4 Å². The second-order valence-electron chi connectivity index (χ2n) is 6.10. The van der Waals surface area contributed by atoms with E-state index >= 15 is 0 Å². The lowest BCUT2D eigenvalue weighted by Gasteiger charge is -2.09. The van der Waals surface area contributed by atoms with Crippen LogP contribution < -0.4 is 22.3 Å². The van der Waals surface area contributed by atoms with Crippen LogP contribution in [0.25, 0.3) is 11.2 Å². The Labute approximate surface area is 160 Å². The number of fused-ring (bicyclic) bond motifs is 1. The molecule has 1 amide bonds. The molecule has 3 N–H and O–H groups in total. The molecular formula is C17H21ClN6O3. The van der Waals surface area contributed by atoms with E-state index in [1.165, 1.54) is 22.5 Å². The van der Waals surface area contributed by atoms with E-state index < -0.39 is 17.2 Å². The predicted octanol–water partition coefficient (Wildman–Crippen LogP) is -0.203. The number of rotatable bonds is 5. The maximum atomic E-state index is 12.5. The first kappa shape index (κ1) is 20.2. The number of amides is 1. The average Bonchev–Trinajstić information content (AvgIpc) is 3.00. The first-order chi connectivity index (χ1) is 12.4. The molecule has 0 spiro atoms. The summed E-state index contributed by atoms with van der Waals surface area (Å²) in [5.41, 5.74) is 6.81. The van der Waals surface area contributed by atoms with Crippen LogP contribution in [-0.4, -0.2) is 31.1 Å². The van der Waals surface area contributed by atoms with Gasteiger partial charge in [-0.1, -0.05) is 12.1 Å². The zero-order valence-corrected chi connectivity index (χ0v) is 15.8. The van der Waals surface area contributed by atoms with Gasteiger partial charge in [-0.2, -0.15) is 0 Å². The highest BCUT2D eigenvalue weighted by Gasteiger charge is 2.16. The number of halogens is 1. The van der Waals surface area contributed by atoms with Crippen LogP contribution in [0.5, 0.6) is 0 Å². The molecular weight excluding hydrogens is 372 g/mol. The third kappa shape index (κ3) is 4.03. The monoisotopic (exact) mass is 392 g/mol. The number of nitrogen functional groups attached to an aromatic ring is 1. The highest BCUT2D eigenvalue weighted by atomic mass is 35.5. The van der Waals surface area contributed by atoms with Gasteiger partial charge in [0.1, 0.15) is 6.54 Å². The first-order valence-electron chi connectivity index (χ1n) is 8.10. The Kier molecular flexibility index (Phi) is 6.06. The summed E-state index contributed by atoms with van der Waals surface area (Å²) in [5.74, 6) is -0.402. The number of hydrogen-bond donors (Lipinski definition) is 2. The molecule has 1 aromatic carbocycles. The van der Waals surface area contributed by atoms with Crippen LogP contribution in [0.4, 0.5) is 5.69 Å². The van der Waals surface area contributed by atoms with Gasteiger partial charge in [0.05, 0.1) is 6.33 Å². The lowest BCUT2D eigenvalue weighted by atomic mass is 10.1. The van der Waals surface area contributed by atoms with Crippen molar-refractivity contribution in [2.24, 2.45) is 14.1 Å². The van der Waals surface area contributed by atoms with Gasteiger partial charge in [0.2, 0.25) is 5.91 Å². The fourth-order valence-electron chi connectivity index (χ4n) is 2.77. The number of nitrogens with two attached hydrogens (primary N) is 1. The Bertz CT molecular complexity index is 1080. The van der Waals surface area contributed by atoms with E-state index in [0.29, 0.717) is 24.3 Å². The molecule has 0 radical (unpaired) electrons. The van der Waals surface area contributed by atoms with Gasteiger partial charge in [0.15, 0.2) is 11.2 Å². The van der Waals surface area contributed by atoms with Gasteiger partial charge >= 0.3 is 5.69 Å². The van der Waals surface area contributed by atoms with E-state index in [1.807, 2.05) is 12.1 Å². The number of nitrogens with one attached hydrogen (secondary N) is 1. The van der Waals surface area contributed by atoms with Crippen molar-refractivity contribution in [1.29, 1.82) is 0 Å². The number of nitrogens with zero attached hydrogens (tertiary/aromatic N) is 4. The van der Waals surface area contributed by atoms with Gasteiger partial charge in [-0.15, -0.1) is 12.4 Å². The minimum atomic E-state index is -0.574. The highest BCUT2D eigenvalue weighted by Crippen LogP contribution is 2.05. The second kappa shape index (κ2) is 8.09. The summed E-state index contributed by atoms with van der Waals surface area (Å²) in [6.45, 7) is 0.0557. The largest absolute Gasteiger partial charge is 0.399 e. The number of aromatic nitrogens is 4. The van der Waals surface area contributed by atoms with Gasteiger partial charge in [0.25, 0.3) is 5.56 Å². The molecule has 0 fully saturated rings. The number of anilines is 1. The second-order valence-corrected chi connectivity index (χ2v) is 6.10. The van der Waals surface area contributed by atoms with Gasteiger partial charge in [0, 0.05) is 26.3 Å². The number of aryl methyl sites for hydroxylation is 2. The van der Waals surface area contributed by atoms with E-state index in [0.717, 1.165) is 10.1 Å². The summed E-state index contributed by atoms with van der Waals surface area (Å²) in [6.07, 6.45) is 2.09. The van der Waals surface area contributed by atoms with Crippen LogP contribution in [0.1, 0.15) is 5.56 Å². The molecule has 0 atom stereocenters. The van der Waals surface area contributed by atoms with Crippen LogP contribution in [-0.2, 0) is 31.9 Å². The predicted molar refractivity (Wildman–Crippen MR) is 105 cm³/mol. The molecule has 2 aromatic heterocycles. The highest BCUT2D eigenvalue weighted by molar-refractivity contribution is 5.85. The summed E-state index contributed by atoms with van der Waals surface area (Å²) in [5, 5.41) is 2.72. The van der Waals surface area contributed by atoms with Crippen LogP contribution in [0.15, 0.2) is 40.2 Å². The van der Waals surface area contributed by atoms with Crippen molar-refractivity contribution in [3.8, 4) is 0 Å². The molecule has 10 heteroatoms. The number of carbonyl (C=O) groups is 1. The Balaban J connectivity index is 0.00000261. The maximum Gasteiger partial charge on any atom is 0.332 e. The fraction of sp³-hybridized carbons (Fsp3) is 0.294. The Morgan fingerprint density at radius 1 is 1.19 bits per heavy atom. The summed E-state index contributed by atoms with van der Waals surface area (Å²) in [4.78, 5) is 41.1. The lowest BCUT2D eigenvalue weighted by Crippen LogP contribution is -2.43. The molecule has 0 bridgehead atoms. The Morgan fingerprint density at radius 2 is 1.85 bits per heavy atom. The summed E-state index contributed by atoms with van der Waals surface area (Å²) < 4.78 is 3.72. The fourth-order valence-corrected chi connectivity index (χ4v) is 2.77. The zero-order valence-electron chi connectivity index (χ0n) is 15.0. The number of imidazole rings is 1. The summed E-state index contributed by atoms with van der Waals surface area (Å²) >= 11 is 0. The number of carbonyl (C=O) groups excluding carboxylic acids is 1. The first-order valence-corrected chi connectivity index (χ1v) is 8.10. The smallest absolute Gasteiger partial charge is 0.332 e. The number of benzene rings is 1. The molecule has 0 aliphatic carbocycles. The van der Waals surface area contributed by atoms with Crippen molar-refractivity contribution >= 4 is 35.2 Å². The van der Waals surface area contributed by atoms with Gasteiger partial charge in [-0.3, -0.25) is 14.2 Å². The third-order valence-electron chi connectivity index (χ3n) is 4.22. The minimum Gasteiger partial charge on any atom is -0.399 e. The normalized spacial score (nSPS) is 10.6. The van der Waals surface area contributed by atoms with Gasteiger partial charge in [-0.05, 0) is 24.1 Å². The quantitative estimate of drug-likeness (QED) is 0.583. The van der Waals surface area contributed by atoms with Crippen molar-refractivity contribution in [3.05, 3.63) is 57.0 Å². The Morgan fingerprint density at radius 3 is 2.52 bits per heavy atom. The maximum absolute atomic E-state index is 12.5. The van der Waals surface area contributed by atoms with Crippen LogP contribution in [0.3, 0.4) is 0 Å². The molecule has 0 unspecified atom stereocenters. The summed E-state index contributed by atoms with van der Waals surface area (Å²) in [7, 11) is 3.19. The molecule has 0 aliphatic heterocycles. The minimum absolute atomic E-state index is 0. The van der Waals surface area contributed by atoms with Crippen LogP contribution >= 0.6 is 12.4 Å². The molecule has 0 saturated heterocycles. The van der Waals surface area contributed by atoms with Crippen molar-refractivity contribution in [2.45, 2.75) is 13.0 Å². The Hall–Kier alpha value is -3.07. The summed E-state index contributed by atoms with van der Waals surface area (Å²) in [6, 6.07) is 7.36. The van der Waals surface area contributed by atoms with E-state index in [4.69, 9.17) is 5.73 Å². The molecule has 9 nitrogen and oxygen atoms in total. The topological polar surface area (TPSA) is 117 Å². The van der Waals surface area contributed by atoms with Crippen molar-refractivity contribution in [3.63, 3.8) is 0 Å². The number of hydrogen-bond acceptors (Lipinski definition) is 5. The molecule has 0 aliphatic rings. The van der Waals surface area contributed by atoms with Crippen molar-refractivity contribution in [2.75, 3.05) is 12.3 Å². The van der Waals surface area contributed by atoms with Crippen LogP contribution in [0, 0.1) is 0 Å².